The fourth-order valence-electron chi connectivity index (χ4n) is 2.89. The van der Waals surface area contributed by atoms with E-state index in [9.17, 15) is 13.2 Å². The monoisotopic (exact) mass is 380 g/mol. The van der Waals surface area contributed by atoms with E-state index in [1.807, 2.05) is 12.1 Å². The van der Waals surface area contributed by atoms with Gasteiger partial charge in [0.25, 0.3) is 10.0 Å². The molecular weight excluding hydrogens is 360 g/mol. The number of nitrogens with one attached hydrogen (secondary N) is 1. The first-order valence-corrected chi connectivity index (χ1v) is 10.3. The second-order valence-electron chi connectivity index (χ2n) is 5.83. The van der Waals surface area contributed by atoms with Crippen LogP contribution in [-0.2, 0) is 26.2 Å². The van der Waals surface area contributed by atoms with Crippen LogP contribution in [0.25, 0.3) is 0 Å². The van der Waals surface area contributed by atoms with Crippen molar-refractivity contribution in [2.24, 2.45) is 0 Å². The summed E-state index contributed by atoms with van der Waals surface area (Å²) < 4.78 is 32.1. The number of anilines is 1. The Morgan fingerprint density at radius 3 is 2.72 bits per heavy atom. The van der Waals surface area contributed by atoms with Gasteiger partial charge in [0.05, 0.1) is 6.61 Å². The van der Waals surface area contributed by atoms with Crippen molar-refractivity contribution < 1.29 is 17.9 Å². The molecule has 0 aliphatic carbocycles. The number of sulfonamides is 1. The molecule has 8 heteroatoms. The highest BCUT2D eigenvalue weighted by atomic mass is 32.2. The Kier molecular flexibility index (Phi) is 5.53. The first-order chi connectivity index (χ1) is 12.0. The third-order valence-corrected chi connectivity index (χ3v) is 7.38. The minimum absolute atomic E-state index is 0.274. The molecule has 0 saturated carbocycles. The van der Waals surface area contributed by atoms with Crippen molar-refractivity contribution in [1.82, 2.24) is 4.31 Å². The summed E-state index contributed by atoms with van der Waals surface area (Å²) in [5.41, 5.74) is 1.65. The Bertz CT molecular complexity index is 817. The molecule has 1 unspecified atom stereocenters. The fourth-order valence-corrected chi connectivity index (χ4v) is 5.67. The summed E-state index contributed by atoms with van der Waals surface area (Å²) in [5.74, 6) is -0.294. The second kappa shape index (κ2) is 7.65. The topological polar surface area (TPSA) is 75.7 Å². The first-order valence-electron chi connectivity index (χ1n) is 7.96. The van der Waals surface area contributed by atoms with E-state index >= 15 is 0 Å². The SMILES string of the molecule is COCc1ccc(NC(=O)C2CCCN2S(=O)(=O)c2cccs2)cc1. The molecule has 1 N–H and O–H groups in total. The maximum absolute atomic E-state index is 12.7. The lowest BCUT2D eigenvalue weighted by Gasteiger charge is -2.22. The summed E-state index contributed by atoms with van der Waals surface area (Å²) in [7, 11) is -2.00. The number of carbonyl (C=O) groups excluding carboxylic acids is 1. The summed E-state index contributed by atoms with van der Waals surface area (Å²) in [4.78, 5) is 12.6. The van der Waals surface area contributed by atoms with Gasteiger partial charge in [0.15, 0.2) is 0 Å². The molecular formula is C17H20N2O4S2. The molecule has 1 amide bonds. The van der Waals surface area contributed by atoms with E-state index in [1.165, 1.54) is 15.6 Å². The van der Waals surface area contributed by atoms with Crippen molar-refractivity contribution >= 4 is 33.0 Å². The quantitative estimate of drug-likeness (QED) is 0.836. The highest BCUT2D eigenvalue weighted by Crippen LogP contribution is 2.29. The van der Waals surface area contributed by atoms with Gasteiger partial charge >= 0.3 is 0 Å². The Hall–Kier alpha value is -1.74. The molecule has 1 saturated heterocycles. The lowest BCUT2D eigenvalue weighted by molar-refractivity contribution is -0.119. The molecule has 0 spiro atoms. The van der Waals surface area contributed by atoms with Crippen molar-refractivity contribution in [1.29, 1.82) is 0 Å². The number of thiophene rings is 1. The van der Waals surface area contributed by atoms with E-state index in [0.717, 1.165) is 5.56 Å². The van der Waals surface area contributed by atoms with Crippen LogP contribution in [0.5, 0.6) is 0 Å². The molecule has 0 bridgehead atoms. The van der Waals surface area contributed by atoms with Crippen molar-refractivity contribution in [3.05, 3.63) is 47.3 Å². The van der Waals surface area contributed by atoms with Gasteiger partial charge in [-0.25, -0.2) is 8.42 Å². The highest BCUT2D eigenvalue weighted by Gasteiger charge is 2.39. The van der Waals surface area contributed by atoms with Crippen LogP contribution in [0.2, 0.25) is 0 Å². The molecule has 1 aromatic carbocycles. The molecule has 134 valence electrons. The Morgan fingerprint density at radius 1 is 1.32 bits per heavy atom. The predicted octanol–water partition coefficient (Wildman–Crippen LogP) is 2.69. The zero-order chi connectivity index (χ0) is 17.9. The summed E-state index contributed by atoms with van der Waals surface area (Å²) >= 11 is 1.17. The van der Waals surface area contributed by atoms with Gasteiger partial charge < -0.3 is 10.1 Å². The molecule has 2 aromatic rings. The molecule has 2 heterocycles. The number of nitrogens with zero attached hydrogens (tertiary/aromatic N) is 1. The van der Waals surface area contributed by atoms with Crippen LogP contribution in [0.1, 0.15) is 18.4 Å². The molecule has 6 nitrogen and oxygen atoms in total. The molecule has 1 aromatic heterocycles. The molecule has 1 aliphatic rings. The standard InChI is InChI=1S/C17H20N2O4S2/c1-23-12-13-6-8-14(9-7-13)18-17(20)15-4-2-10-19(15)25(21,22)16-5-3-11-24-16/h3,5-9,11,15H,2,4,10,12H2,1H3,(H,18,20). The molecule has 1 atom stereocenters. The Labute approximate surface area is 151 Å². The lowest BCUT2D eigenvalue weighted by atomic mass is 10.2. The van der Waals surface area contributed by atoms with Gasteiger partial charge in [-0.15, -0.1) is 11.3 Å². The maximum Gasteiger partial charge on any atom is 0.253 e. The highest BCUT2D eigenvalue weighted by molar-refractivity contribution is 7.91. The van der Waals surface area contributed by atoms with Crippen LogP contribution < -0.4 is 5.32 Å². The Morgan fingerprint density at radius 2 is 2.08 bits per heavy atom. The summed E-state index contributed by atoms with van der Waals surface area (Å²) in [6.07, 6.45) is 1.20. The maximum atomic E-state index is 12.7. The van der Waals surface area contributed by atoms with Gasteiger partial charge in [-0.3, -0.25) is 4.79 Å². The number of benzene rings is 1. The van der Waals surface area contributed by atoms with Gasteiger partial charge in [0.2, 0.25) is 5.91 Å². The zero-order valence-corrected chi connectivity index (χ0v) is 15.5. The summed E-state index contributed by atoms with van der Waals surface area (Å²) in [6, 6.07) is 9.91. The molecule has 1 fully saturated rings. The summed E-state index contributed by atoms with van der Waals surface area (Å²) in [6.45, 7) is 0.870. The molecule has 3 rings (SSSR count). The number of methoxy groups -OCH3 is 1. The van der Waals surface area contributed by atoms with Crippen LogP contribution in [0, 0.1) is 0 Å². The zero-order valence-electron chi connectivity index (χ0n) is 13.8. The predicted molar refractivity (Wildman–Crippen MR) is 97.0 cm³/mol. The number of hydrogen-bond donors (Lipinski definition) is 1. The van der Waals surface area contributed by atoms with E-state index in [2.05, 4.69) is 5.32 Å². The fraction of sp³-hybridized carbons (Fsp3) is 0.353. The number of hydrogen-bond acceptors (Lipinski definition) is 5. The number of amides is 1. The first kappa shape index (κ1) is 18.1. The van der Waals surface area contributed by atoms with Crippen LogP contribution >= 0.6 is 11.3 Å². The van der Waals surface area contributed by atoms with E-state index in [0.29, 0.717) is 31.7 Å². The molecule has 25 heavy (non-hydrogen) atoms. The number of carbonyl (C=O) groups is 1. The van der Waals surface area contributed by atoms with Crippen molar-refractivity contribution in [2.75, 3.05) is 19.0 Å². The number of ether oxygens (including phenoxy) is 1. The average molecular weight is 380 g/mol. The van der Waals surface area contributed by atoms with Gasteiger partial charge in [-0.2, -0.15) is 4.31 Å². The average Bonchev–Trinajstić information content (AvgIpc) is 3.29. The van der Waals surface area contributed by atoms with E-state index in [1.54, 1.807) is 36.8 Å². The van der Waals surface area contributed by atoms with Crippen LogP contribution in [0.15, 0.2) is 46.0 Å². The van der Waals surface area contributed by atoms with Crippen molar-refractivity contribution in [3.8, 4) is 0 Å². The van der Waals surface area contributed by atoms with Crippen molar-refractivity contribution in [3.63, 3.8) is 0 Å². The van der Waals surface area contributed by atoms with Crippen molar-refractivity contribution in [2.45, 2.75) is 29.7 Å². The Balaban J connectivity index is 1.73. The van der Waals surface area contributed by atoms with Crippen LogP contribution in [0.4, 0.5) is 5.69 Å². The minimum Gasteiger partial charge on any atom is -0.380 e. The van der Waals surface area contributed by atoms with Crippen LogP contribution in [0.3, 0.4) is 0 Å². The number of rotatable bonds is 6. The van der Waals surface area contributed by atoms with Gasteiger partial charge in [0, 0.05) is 19.3 Å². The summed E-state index contributed by atoms with van der Waals surface area (Å²) in [5, 5.41) is 4.54. The lowest BCUT2D eigenvalue weighted by Crippen LogP contribution is -2.42. The van der Waals surface area contributed by atoms with Crippen LogP contribution in [-0.4, -0.2) is 38.3 Å². The van der Waals surface area contributed by atoms with Gasteiger partial charge in [-0.1, -0.05) is 18.2 Å². The molecule has 1 aliphatic heterocycles. The molecule has 0 radical (unpaired) electrons. The van der Waals surface area contributed by atoms with Gasteiger partial charge in [0.1, 0.15) is 10.3 Å². The van der Waals surface area contributed by atoms with E-state index in [4.69, 9.17) is 4.74 Å². The largest absolute Gasteiger partial charge is 0.380 e. The normalized spacial score (nSPS) is 18.4. The smallest absolute Gasteiger partial charge is 0.253 e. The second-order valence-corrected chi connectivity index (χ2v) is 8.89. The van der Waals surface area contributed by atoms with Gasteiger partial charge in [-0.05, 0) is 42.0 Å². The third-order valence-electron chi connectivity index (χ3n) is 4.10. The third kappa shape index (κ3) is 3.92. The van der Waals surface area contributed by atoms with E-state index in [-0.39, 0.29) is 10.1 Å². The minimum atomic E-state index is -3.62. The van der Waals surface area contributed by atoms with E-state index < -0.39 is 16.1 Å².